The molecule has 0 radical (unpaired) electrons. The number of imidazole rings is 4. The molecule has 0 bridgehead atoms. The minimum absolute atomic E-state index is 0.0115. The summed E-state index contributed by atoms with van der Waals surface area (Å²) in [5.41, 5.74) is 40.0. The van der Waals surface area contributed by atoms with Crippen molar-refractivity contribution in [2.45, 2.75) is 120 Å². The Kier molecular flexibility index (Phi) is 19.2. The molecule has 0 spiro atoms. The number of carboxylic acid groups (broad SMARTS) is 1. The first-order valence-corrected chi connectivity index (χ1v) is 38.9. The van der Waals surface area contributed by atoms with E-state index < -0.39 is 5.97 Å². The lowest BCUT2D eigenvalue weighted by molar-refractivity contribution is -0.146. The second kappa shape index (κ2) is 30.5. The van der Waals surface area contributed by atoms with Gasteiger partial charge in [-0.25, -0.2) is 44.9 Å². The van der Waals surface area contributed by atoms with Gasteiger partial charge in [0.15, 0.2) is 0 Å². The summed E-state index contributed by atoms with van der Waals surface area (Å²) in [6, 6.07) is 40.4. The van der Waals surface area contributed by atoms with E-state index in [-0.39, 0.29) is 47.4 Å². The number of carbonyl (C=O) groups excluding carboxylic acids is 2. The smallest absolute Gasteiger partial charge is 0.308 e. The van der Waals surface area contributed by atoms with Gasteiger partial charge in [-0.2, -0.15) is 0 Å². The van der Waals surface area contributed by atoms with Crippen LogP contribution in [0.2, 0.25) is 0 Å². The number of aromatic nitrogens is 18. The molecule has 4 saturated carbocycles. The zero-order valence-corrected chi connectivity index (χ0v) is 62.7. The van der Waals surface area contributed by atoms with Crippen molar-refractivity contribution in [3.8, 4) is 45.6 Å². The third kappa shape index (κ3) is 13.7. The van der Waals surface area contributed by atoms with Crippen LogP contribution < -0.4 is 28.3 Å². The molecule has 0 saturated heterocycles. The molecule has 28 heteroatoms. The van der Waals surface area contributed by atoms with Crippen LogP contribution in [0.4, 0.5) is 29.0 Å². The molecular formula is C86H85N23O5. The number of nitrogens with zero attached hydrogens (tertiary/aromatic N) is 14. The molecular weight excluding hydrogens is 1440 g/mol. The second-order valence-corrected chi connectivity index (χ2v) is 30.2. The quantitative estimate of drug-likeness (QED) is 0.0508. The largest absolute Gasteiger partial charge is 0.481 e. The van der Waals surface area contributed by atoms with E-state index in [1.807, 2.05) is 102 Å². The fraction of sp³-hybridized carbons (Fsp3) is 0.267. The number of fused-ring (bicyclic) bond motifs is 8. The fourth-order valence-corrected chi connectivity index (χ4v) is 17.3. The maximum atomic E-state index is 12.8. The van der Waals surface area contributed by atoms with E-state index in [4.69, 9.17) is 47.6 Å². The zero-order valence-electron chi connectivity index (χ0n) is 62.7. The summed E-state index contributed by atoms with van der Waals surface area (Å²) in [4.78, 5) is 95.2. The summed E-state index contributed by atoms with van der Waals surface area (Å²) >= 11 is 0. The molecule has 14 heterocycles. The minimum atomic E-state index is -0.696. The van der Waals surface area contributed by atoms with E-state index in [9.17, 15) is 19.5 Å². The Morgan fingerprint density at radius 1 is 0.412 bits per heavy atom. The highest BCUT2D eigenvalue weighted by Crippen LogP contribution is 2.45. The van der Waals surface area contributed by atoms with Crippen LogP contribution >= 0.6 is 0 Å². The predicted molar refractivity (Wildman–Crippen MR) is 440 cm³/mol. The van der Waals surface area contributed by atoms with E-state index in [0.29, 0.717) is 42.0 Å². The molecule has 14 N–H and O–H groups in total. The number of nitrogen functional groups attached to an aromatic ring is 4. The number of hydrogen-bond donors (Lipinski definition) is 10. The maximum Gasteiger partial charge on any atom is 0.308 e. The van der Waals surface area contributed by atoms with Gasteiger partial charge in [-0.1, -0.05) is 61.0 Å². The molecule has 574 valence electrons. The van der Waals surface area contributed by atoms with Gasteiger partial charge in [0.1, 0.15) is 97.1 Å². The third-order valence-corrected chi connectivity index (χ3v) is 23.4. The maximum absolute atomic E-state index is 12.8. The van der Waals surface area contributed by atoms with Gasteiger partial charge < -0.3 is 58.0 Å². The van der Waals surface area contributed by atoms with E-state index in [1.165, 1.54) is 26.4 Å². The van der Waals surface area contributed by atoms with Crippen molar-refractivity contribution in [3.63, 3.8) is 0 Å². The van der Waals surface area contributed by atoms with Crippen LogP contribution in [0.25, 0.3) is 111 Å². The number of nitrogens with two attached hydrogens (primary N) is 4. The van der Waals surface area contributed by atoms with Crippen LogP contribution in [0.1, 0.15) is 143 Å². The number of para-hydroxylation sites is 3. The van der Waals surface area contributed by atoms with E-state index in [1.54, 1.807) is 43.4 Å². The zero-order chi connectivity index (χ0) is 77.7. The van der Waals surface area contributed by atoms with Crippen molar-refractivity contribution in [1.82, 2.24) is 87.4 Å². The highest BCUT2D eigenvalue weighted by Gasteiger charge is 2.35. The Morgan fingerprint density at radius 2 is 0.772 bits per heavy atom. The van der Waals surface area contributed by atoms with Crippen molar-refractivity contribution >= 4 is 113 Å². The Bertz CT molecular complexity index is 6300. The summed E-state index contributed by atoms with van der Waals surface area (Å²) in [6.07, 6.45) is 33.2. The van der Waals surface area contributed by atoms with Crippen molar-refractivity contribution in [2.75, 3.05) is 35.4 Å². The molecule has 17 aromatic rings. The number of aliphatic carboxylic acids is 1. The van der Waals surface area contributed by atoms with Crippen LogP contribution in [-0.2, 0) is 19.1 Å². The first-order chi connectivity index (χ1) is 55.7. The molecule has 3 aromatic carbocycles. The first-order valence-electron chi connectivity index (χ1n) is 38.9. The first kappa shape index (κ1) is 71.8. The van der Waals surface area contributed by atoms with E-state index in [2.05, 4.69) is 117 Å². The number of carbonyl (C=O) groups is 3. The Morgan fingerprint density at radius 3 is 1.13 bits per heavy atom. The average molecular weight is 1520 g/mol. The monoisotopic (exact) mass is 1520 g/mol. The van der Waals surface area contributed by atoms with Crippen LogP contribution in [0.3, 0.4) is 0 Å². The highest BCUT2D eigenvalue weighted by molar-refractivity contribution is 5.96. The predicted octanol–water partition coefficient (Wildman–Crippen LogP) is 15.6. The lowest BCUT2D eigenvalue weighted by Crippen LogP contribution is -2.27. The number of benzene rings is 3. The van der Waals surface area contributed by atoms with Gasteiger partial charge in [0.2, 0.25) is 5.91 Å². The third-order valence-electron chi connectivity index (χ3n) is 23.4. The number of pyridine rings is 2. The summed E-state index contributed by atoms with van der Waals surface area (Å²) < 4.78 is 13.2. The molecule has 0 unspecified atom stereocenters. The Balaban J connectivity index is 0.000000106. The van der Waals surface area contributed by atoms with Crippen LogP contribution in [0.15, 0.2) is 189 Å². The van der Waals surface area contributed by atoms with E-state index in [0.717, 1.165) is 205 Å². The molecule has 4 aliphatic carbocycles. The van der Waals surface area contributed by atoms with Crippen LogP contribution in [0.5, 0.6) is 0 Å². The number of anilines is 5. The Hall–Kier alpha value is -13.8. The molecule has 1 amide bonds. The molecule has 0 atom stereocenters. The Labute approximate surface area is 652 Å². The fourth-order valence-electron chi connectivity index (χ4n) is 17.3. The van der Waals surface area contributed by atoms with Gasteiger partial charge in [-0.3, -0.25) is 37.0 Å². The second-order valence-electron chi connectivity index (χ2n) is 30.2. The number of esters is 1. The minimum Gasteiger partial charge on any atom is -0.481 e. The molecule has 114 heavy (non-hydrogen) atoms. The summed E-state index contributed by atoms with van der Waals surface area (Å²) in [5.74, 6) is 6.06. The molecule has 0 aliphatic heterocycles. The number of carboxylic acids is 1. The van der Waals surface area contributed by atoms with Gasteiger partial charge in [0.25, 0.3) is 0 Å². The normalized spacial score (nSPS) is 18.5. The van der Waals surface area contributed by atoms with E-state index >= 15 is 0 Å². The van der Waals surface area contributed by atoms with Crippen molar-refractivity contribution in [1.29, 1.82) is 0 Å². The standard InChI is InChI=1S/C26H25N7O.C22H23N5O2.C21H21N5O2.C17H16N6/c27-24-23-22(21-14-18-4-1-2-6-20(18)31-21)32-25(33(23)13-12-29-24)16-7-9-17(10-8-16)26(34)30-19-5-3-11-28-15-19;1-29-22(28)14-8-6-13(7-9-14)21-26-18(19-20(23)24-10-11-27(19)21)17-12-15-4-2-3-5-16(15)25-17;22-19-18-17(16-11-14-3-1-2-4-15(14)24-16)25-20(26(18)10-9-23-19)12-5-7-13(8-6-12)21(27)28;18-15-14-13(12-9-11-5-2-6-20-16(11)21-12)22-17(10-3-1-4-10)23(14)8-7-19-15/h1-6,11-17,31H,7-10H2,(H2,27,29)(H,30,34);2-5,10-14,25H,6-9H2,1H3,(H2,23,24);1-4,9-13,24H,5-8H2,(H2,22,23)(H,27,28);2,5-10H,1,3-4H2,(H2,18,19)(H,20,21). The summed E-state index contributed by atoms with van der Waals surface area (Å²) in [6.45, 7) is 0. The summed E-state index contributed by atoms with van der Waals surface area (Å²) in [5, 5.41) is 16.7. The molecule has 14 aromatic heterocycles. The number of ether oxygens (including phenoxy) is 1. The number of nitrogens with one attached hydrogen (secondary N) is 5. The van der Waals surface area contributed by atoms with Crippen LogP contribution in [-0.4, -0.2) is 117 Å². The number of H-pyrrole nitrogens is 4. The van der Waals surface area contributed by atoms with Crippen molar-refractivity contribution in [3.05, 3.63) is 213 Å². The lowest BCUT2D eigenvalue weighted by Gasteiger charge is -2.27. The number of rotatable bonds is 12. The SMILES string of the molecule is COC(=O)C1CCC(c2nc(-c3cc4ccccc4[nH]3)c3c(N)nccn23)CC1.Nc1nccn2c(C3CCC(C(=O)Nc4cccnc4)CC3)nc(-c3cc4ccccc4[nH]3)c12.Nc1nccn2c(C3CCC(C(=O)O)CC3)nc(-c3cc4ccccc4[nH]3)c12.Nc1nccn2c(C3CCC3)nc(-c3cc4cccnc4[nH]3)c12. The van der Waals surface area contributed by atoms with Gasteiger partial charge in [0.05, 0.1) is 53.6 Å². The van der Waals surface area contributed by atoms with Gasteiger partial charge in [0, 0.05) is 130 Å². The van der Waals surface area contributed by atoms with Crippen molar-refractivity contribution < 1.29 is 24.2 Å². The molecule has 21 rings (SSSR count). The molecule has 4 aliphatic rings. The highest BCUT2D eigenvalue weighted by atomic mass is 16.5. The number of aromatic amines is 4. The van der Waals surface area contributed by atoms with Crippen molar-refractivity contribution in [2.24, 2.45) is 17.8 Å². The summed E-state index contributed by atoms with van der Waals surface area (Å²) in [7, 11) is 1.46. The molecule has 4 fully saturated rings. The average Bonchev–Trinajstić information content (AvgIpc) is 1.62. The lowest BCUT2D eigenvalue weighted by atomic mass is 9.81. The number of methoxy groups -OCH3 is 1. The van der Waals surface area contributed by atoms with Gasteiger partial charge in [-0.15, -0.1) is 0 Å². The van der Waals surface area contributed by atoms with Crippen LogP contribution in [0, 0.1) is 17.8 Å². The molecule has 28 nitrogen and oxygen atoms in total. The van der Waals surface area contributed by atoms with Gasteiger partial charge >= 0.3 is 11.9 Å². The topological polar surface area (TPSA) is 406 Å². The number of amides is 1. The number of hydrogen-bond acceptors (Lipinski definition) is 18. The van der Waals surface area contributed by atoms with Gasteiger partial charge in [-0.05, 0) is 157 Å².